The van der Waals surface area contributed by atoms with Crippen molar-refractivity contribution < 1.29 is 9.21 Å². The number of hydrogen-bond donors (Lipinski definition) is 1. The second-order valence-electron chi connectivity index (χ2n) is 4.39. The highest BCUT2D eigenvalue weighted by Gasteiger charge is 2.11. The van der Waals surface area contributed by atoms with E-state index in [0.29, 0.717) is 28.1 Å². The fourth-order valence-corrected chi connectivity index (χ4v) is 2.71. The van der Waals surface area contributed by atoms with Gasteiger partial charge in [-0.2, -0.15) is 0 Å². The number of aryl methyl sites for hydroxylation is 1. The third-order valence-corrected chi connectivity index (χ3v) is 3.77. The maximum absolute atomic E-state index is 11.6. The first-order chi connectivity index (χ1) is 10.1. The van der Waals surface area contributed by atoms with Crippen molar-refractivity contribution in [2.75, 3.05) is 0 Å². The first-order valence-electron chi connectivity index (χ1n) is 6.25. The van der Waals surface area contributed by atoms with Crippen LogP contribution in [0.15, 0.2) is 39.8 Å². The van der Waals surface area contributed by atoms with Crippen molar-refractivity contribution in [3.8, 4) is 0 Å². The monoisotopic (exact) mass is 300 g/mol. The summed E-state index contributed by atoms with van der Waals surface area (Å²) in [6.45, 7) is 1.74. The number of aromatic nitrogens is 3. The molecule has 0 radical (unpaired) electrons. The van der Waals surface area contributed by atoms with Gasteiger partial charge in [0.25, 0.3) is 0 Å². The number of nitrogens with zero attached hydrogens (tertiary/aromatic N) is 3. The van der Waals surface area contributed by atoms with Gasteiger partial charge in [0, 0.05) is 12.3 Å². The molecule has 21 heavy (non-hydrogen) atoms. The minimum Gasteiger partial charge on any atom is -0.425 e. The largest absolute Gasteiger partial charge is 0.425 e. The SMILES string of the molecule is Cc1nnc(CSc2cc(C(N)=O)c3ccccc3n2)o1. The highest BCUT2D eigenvalue weighted by Crippen LogP contribution is 2.26. The molecule has 0 aliphatic rings. The number of nitrogens with two attached hydrogens (primary N) is 1. The van der Waals surface area contributed by atoms with Crippen molar-refractivity contribution in [1.29, 1.82) is 0 Å². The number of carbonyl (C=O) groups excluding carboxylic acids is 1. The number of primary amides is 1. The van der Waals surface area contributed by atoms with E-state index >= 15 is 0 Å². The van der Waals surface area contributed by atoms with Crippen molar-refractivity contribution in [2.24, 2.45) is 5.73 Å². The lowest BCUT2D eigenvalue weighted by atomic mass is 10.1. The number of pyridine rings is 1. The van der Waals surface area contributed by atoms with E-state index in [9.17, 15) is 4.79 Å². The molecule has 0 unspecified atom stereocenters. The molecular formula is C14H12N4O2S. The smallest absolute Gasteiger partial charge is 0.249 e. The molecule has 0 atom stereocenters. The Morgan fingerprint density at radius 2 is 2.14 bits per heavy atom. The lowest BCUT2D eigenvalue weighted by Crippen LogP contribution is -2.12. The van der Waals surface area contributed by atoms with Gasteiger partial charge < -0.3 is 10.2 Å². The molecule has 0 saturated heterocycles. The highest BCUT2D eigenvalue weighted by molar-refractivity contribution is 7.98. The number of benzene rings is 1. The van der Waals surface area contributed by atoms with Gasteiger partial charge in [-0.1, -0.05) is 30.0 Å². The van der Waals surface area contributed by atoms with E-state index in [1.807, 2.05) is 24.3 Å². The Bertz CT molecular complexity index is 816. The van der Waals surface area contributed by atoms with Crippen LogP contribution in [-0.2, 0) is 5.75 Å². The number of para-hydroxylation sites is 1. The van der Waals surface area contributed by atoms with Crippen LogP contribution in [0.1, 0.15) is 22.1 Å². The van der Waals surface area contributed by atoms with E-state index in [4.69, 9.17) is 10.2 Å². The average molecular weight is 300 g/mol. The van der Waals surface area contributed by atoms with Gasteiger partial charge in [-0.25, -0.2) is 4.98 Å². The molecule has 0 aliphatic carbocycles. The van der Waals surface area contributed by atoms with Crippen LogP contribution in [0.2, 0.25) is 0 Å². The molecule has 2 N–H and O–H groups in total. The topological polar surface area (TPSA) is 94.9 Å². The molecule has 0 spiro atoms. The molecule has 3 rings (SSSR count). The molecule has 1 aromatic carbocycles. The van der Waals surface area contributed by atoms with Crippen LogP contribution < -0.4 is 5.73 Å². The Morgan fingerprint density at radius 1 is 1.33 bits per heavy atom. The Hall–Kier alpha value is -2.41. The molecule has 0 fully saturated rings. The second-order valence-corrected chi connectivity index (χ2v) is 5.39. The molecule has 3 aromatic rings. The minimum absolute atomic E-state index is 0.463. The van der Waals surface area contributed by atoms with E-state index in [2.05, 4.69) is 15.2 Å². The van der Waals surface area contributed by atoms with Crippen LogP contribution in [0.25, 0.3) is 10.9 Å². The van der Waals surface area contributed by atoms with E-state index in [-0.39, 0.29) is 0 Å². The van der Waals surface area contributed by atoms with Crippen LogP contribution >= 0.6 is 11.8 Å². The molecule has 106 valence electrons. The second kappa shape index (κ2) is 5.53. The summed E-state index contributed by atoms with van der Waals surface area (Å²) in [5, 5.41) is 9.14. The molecule has 2 aromatic heterocycles. The van der Waals surface area contributed by atoms with E-state index in [1.165, 1.54) is 11.8 Å². The van der Waals surface area contributed by atoms with Gasteiger partial charge in [0.05, 0.1) is 21.9 Å². The molecule has 7 heteroatoms. The summed E-state index contributed by atoms with van der Waals surface area (Å²) in [6.07, 6.45) is 0. The summed E-state index contributed by atoms with van der Waals surface area (Å²) >= 11 is 1.42. The van der Waals surface area contributed by atoms with Gasteiger partial charge in [-0.15, -0.1) is 10.2 Å². The van der Waals surface area contributed by atoms with Gasteiger partial charge in [-0.3, -0.25) is 4.79 Å². The molecular weight excluding hydrogens is 288 g/mol. The van der Waals surface area contributed by atoms with Gasteiger partial charge in [-0.05, 0) is 12.1 Å². The summed E-state index contributed by atoms with van der Waals surface area (Å²) in [4.78, 5) is 16.1. The Morgan fingerprint density at radius 3 is 2.86 bits per heavy atom. The number of hydrogen-bond acceptors (Lipinski definition) is 6. The van der Waals surface area contributed by atoms with Crippen LogP contribution in [0.4, 0.5) is 0 Å². The first kappa shape index (κ1) is 13.6. The number of carbonyl (C=O) groups is 1. The molecule has 6 nitrogen and oxygen atoms in total. The number of amides is 1. The third kappa shape index (κ3) is 2.87. The number of thioether (sulfide) groups is 1. The maximum Gasteiger partial charge on any atom is 0.249 e. The Kier molecular flexibility index (Phi) is 3.57. The fourth-order valence-electron chi connectivity index (χ4n) is 1.96. The van der Waals surface area contributed by atoms with E-state index in [1.54, 1.807) is 13.0 Å². The Balaban J connectivity index is 1.93. The quantitative estimate of drug-likeness (QED) is 0.743. The maximum atomic E-state index is 11.6. The van der Waals surface area contributed by atoms with Gasteiger partial charge in [0.1, 0.15) is 0 Å². The lowest BCUT2D eigenvalue weighted by Gasteiger charge is -2.06. The summed E-state index contributed by atoms with van der Waals surface area (Å²) in [5.41, 5.74) is 6.64. The number of rotatable bonds is 4. The van der Waals surface area contributed by atoms with Crippen LogP contribution in [-0.4, -0.2) is 21.1 Å². The predicted molar refractivity (Wildman–Crippen MR) is 78.9 cm³/mol. The van der Waals surface area contributed by atoms with Crippen molar-refractivity contribution in [1.82, 2.24) is 15.2 Å². The van der Waals surface area contributed by atoms with Crippen LogP contribution in [0, 0.1) is 6.92 Å². The molecule has 1 amide bonds. The average Bonchev–Trinajstić information content (AvgIpc) is 2.89. The normalized spacial score (nSPS) is 10.9. The van der Waals surface area contributed by atoms with Gasteiger partial charge in [0.15, 0.2) is 0 Å². The number of fused-ring (bicyclic) bond motifs is 1. The lowest BCUT2D eigenvalue weighted by molar-refractivity contribution is 0.100. The summed E-state index contributed by atoms with van der Waals surface area (Å²) < 4.78 is 5.31. The van der Waals surface area contributed by atoms with Gasteiger partial charge in [0.2, 0.25) is 17.7 Å². The summed E-state index contributed by atoms with van der Waals surface area (Å²) in [6, 6.07) is 9.10. The van der Waals surface area contributed by atoms with E-state index in [0.717, 1.165) is 10.9 Å². The van der Waals surface area contributed by atoms with Crippen LogP contribution in [0.5, 0.6) is 0 Å². The van der Waals surface area contributed by atoms with E-state index < -0.39 is 5.91 Å². The molecule has 0 bridgehead atoms. The standard InChI is InChI=1S/C14H12N4O2S/c1-8-17-18-12(20-8)7-21-13-6-10(14(15)19)9-4-2-3-5-11(9)16-13/h2-6H,7H2,1H3,(H2,15,19). The summed E-state index contributed by atoms with van der Waals surface area (Å²) in [7, 11) is 0. The highest BCUT2D eigenvalue weighted by atomic mass is 32.2. The predicted octanol–water partition coefficient (Wildman–Crippen LogP) is 2.32. The molecule has 0 saturated carbocycles. The van der Waals surface area contributed by atoms with Crippen molar-refractivity contribution in [2.45, 2.75) is 17.7 Å². The Labute approximate surface area is 124 Å². The molecule has 0 aliphatic heterocycles. The van der Waals surface area contributed by atoms with Gasteiger partial charge >= 0.3 is 0 Å². The first-order valence-corrected chi connectivity index (χ1v) is 7.23. The van der Waals surface area contributed by atoms with Crippen molar-refractivity contribution in [3.05, 3.63) is 47.7 Å². The zero-order chi connectivity index (χ0) is 14.8. The zero-order valence-corrected chi connectivity index (χ0v) is 12.1. The van der Waals surface area contributed by atoms with Crippen LogP contribution in [0.3, 0.4) is 0 Å². The minimum atomic E-state index is -0.468. The third-order valence-electron chi connectivity index (χ3n) is 2.87. The van der Waals surface area contributed by atoms with Crippen molar-refractivity contribution in [3.63, 3.8) is 0 Å². The van der Waals surface area contributed by atoms with Crippen molar-refractivity contribution >= 4 is 28.6 Å². The zero-order valence-electron chi connectivity index (χ0n) is 11.2. The summed E-state index contributed by atoms with van der Waals surface area (Å²) in [5.74, 6) is 1.07. The molecule has 2 heterocycles. The fraction of sp³-hybridized carbons (Fsp3) is 0.143.